The van der Waals surface area contributed by atoms with E-state index in [1.807, 2.05) is 19.3 Å². The largest absolute Gasteiger partial charge is 0.371 e. The maximum Gasteiger partial charge on any atom is 0.223 e. The van der Waals surface area contributed by atoms with Gasteiger partial charge in [0.15, 0.2) is 5.82 Å². The zero-order valence-electron chi connectivity index (χ0n) is 10.4. The Kier molecular flexibility index (Phi) is 2.96. The quantitative estimate of drug-likeness (QED) is 0.810. The molecule has 5 heteroatoms. The lowest BCUT2D eigenvalue weighted by Gasteiger charge is -2.32. The van der Waals surface area contributed by atoms with Crippen LogP contribution in [0.1, 0.15) is 30.5 Å². The molecule has 3 rings (SSSR count). The van der Waals surface area contributed by atoms with Crippen LogP contribution in [0.4, 0.5) is 5.69 Å². The van der Waals surface area contributed by atoms with Gasteiger partial charge < -0.3 is 9.42 Å². The number of anilines is 1. The zero-order chi connectivity index (χ0) is 12.4. The van der Waals surface area contributed by atoms with Gasteiger partial charge in [0.25, 0.3) is 0 Å². The number of pyridine rings is 1. The normalized spacial score (nSPS) is 17.1. The van der Waals surface area contributed by atoms with Crippen LogP contribution < -0.4 is 4.90 Å². The highest BCUT2D eigenvalue weighted by Gasteiger charge is 2.24. The summed E-state index contributed by atoms with van der Waals surface area (Å²) in [6.07, 6.45) is 5.82. The second-order valence-corrected chi connectivity index (χ2v) is 4.64. The van der Waals surface area contributed by atoms with Crippen LogP contribution in [-0.2, 0) is 0 Å². The summed E-state index contributed by atoms with van der Waals surface area (Å²) in [7, 11) is 0. The Morgan fingerprint density at radius 2 is 1.94 bits per heavy atom. The fourth-order valence-corrected chi connectivity index (χ4v) is 2.43. The van der Waals surface area contributed by atoms with Gasteiger partial charge in [-0.1, -0.05) is 5.16 Å². The summed E-state index contributed by atoms with van der Waals surface area (Å²) in [5.74, 6) is 1.95. The second-order valence-electron chi connectivity index (χ2n) is 4.64. The number of rotatable bonds is 2. The van der Waals surface area contributed by atoms with Gasteiger partial charge in [0, 0.05) is 44.0 Å². The van der Waals surface area contributed by atoms with E-state index in [0.717, 1.165) is 31.8 Å². The molecular weight excluding hydrogens is 228 g/mol. The number of hydrogen-bond donors (Lipinski definition) is 0. The van der Waals surface area contributed by atoms with Crippen molar-refractivity contribution in [3.63, 3.8) is 0 Å². The van der Waals surface area contributed by atoms with Gasteiger partial charge in [-0.3, -0.25) is 4.98 Å². The van der Waals surface area contributed by atoms with E-state index in [9.17, 15) is 0 Å². The van der Waals surface area contributed by atoms with Crippen molar-refractivity contribution < 1.29 is 4.52 Å². The van der Waals surface area contributed by atoms with E-state index in [1.165, 1.54) is 5.69 Å². The van der Waals surface area contributed by atoms with Gasteiger partial charge in [0.2, 0.25) is 5.89 Å². The van der Waals surface area contributed by atoms with Gasteiger partial charge in [0.1, 0.15) is 0 Å². The van der Waals surface area contributed by atoms with Crippen LogP contribution >= 0.6 is 0 Å². The monoisotopic (exact) mass is 244 g/mol. The highest BCUT2D eigenvalue weighted by molar-refractivity contribution is 5.45. The van der Waals surface area contributed by atoms with E-state index >= 15 is 0 Å². The molecule has 3 heterocycles. The molecule has 2 aromatic rings. The Bertz CT molecular complexity index is 503. The van der Waals surface area contributed by atoms with E-state index in [4.69, 9.17) is 4.52 Å². The zero-order valence-corrected chi connectivity index (χ0v) is 10.4. The molecule has 1 aliphatic rings. The van der Waals surface area contributed by atoms with Gasteiger partial charge in [-0.15, -0.1) is 0 Å². The summed E-state index contributed by atoms with van der Waals surface area (Å²) in [5, 5.41) is 4.02. The fourth-order valence-electron chi connectivity index (χ4n) is 2.43. The van der Waals surface area contributed by atoms with Crippen molar-refractivity contribution in [1.82, 2.24) is 15.1 Å². The predicted molar refractivity (Wildman–Crippen MR) is 67.5 cm³/mol. The van der Waals surface area contributed by atoms with E-state index in [2.05, 4.69) is 32.2 Å². The van der Waals surface area contributed by atoms with Crippen molar-refractivity contribution in [2.45, 2.75) is 25.7 Å². The molecular formula is C13H16N4O. The van der Waals surface area contributed by atoms with Crippen molar-refractivity contribution in [2.24, 2.45) is 0 Å². The molecule has 2 aromatic heterocycles. The molecule has 0 atom stereocenters. The Hall–Kier alpha value is -1.91. The molecule has 0 unspecified atom stereocenters. The topological polar surface area (TPSA) is 55.1 Å². The summed E-state index contributed by atoms with van der Waals surface area (Å²) in [5.41, 5.74) is 1.24. The van der Waals surface area contributed by atoms with E-state index in [0.29, 0.717) is 11.8 Å². The van der Waals surface area contributed by atoms with E-state index < -0.39 is 0 Å². The van der Waals surface area contributed by atoms with Crippen LogP contribution in [0, 0.1) is 6.92 Å². The maximum atomic E-state index is 5.05. The molecule has 94 valence electrons. The van der Waals surface area contributed by atoms with Crippen LogP contribution in [0.3, 0.4) is 0 Å². The summed E-state index contributed by atoms with van der Waals surface area (Å²) in [4.78, 5) is 10.8. The van der Waals surface area contributed by atoms with E-state index in [1.54, 1.807) is 0 Å². The summed E-state index contributed by atoms with van der Waals surface area (Å²) < 4.78 is 5.05. The molecule has 0 spiro atoms. The average molecular weight is 244 g/mol. The molecule has 0 saturated carbocycles. The smallest absolute Gasteiger partial charge is 0.223 e. The number of piperidine rings is 1. The first-order valence-electron chi connectivity index (χ1n) is 6.28. The minimum absolute atomic E-state index is 0.431. The van der Waals surface area contributed by atoms with Crippen LogP contribution in [-0.4, -0.2) is 28.2 Å². The van der Waals surface area contributed by atoms with Crippen LogP contribution in [0.2, 0.25) is 0 Å². The first-order valence-corrected chi connectivity index (χ1v) is 6.28. The van der Waals surface area contributed by atoms with E-state index in [-0.39, 0.29) is 0 Å². The lowest BCUT2D eigenvalue weighted by molar-refractivity contribution is 0.375. The number of hydrogen-bond acceptors (Lipinski definition) is 5. The second kappa shape index (κ2) is 4.76. The molecule has 1 saturated heterocycles. The molecule has 1 aliphatic heterocycles. The van der Waals surface area contributed by atoms with Gasteiger partial charge >= 0.3 is 0 Å². The number of nitrogens with zero attached hydrogens (tertiary/aromatic N) is 4. The Balaban J connectivity index is 1.65. The van der Waals surface area contributed by atoms with Gasteiger partial charge in [-0.05, 0) is 25.0 Å². The first-order chi connectivity index (χ1) is 8.83. The molecule has 1 fully saturated rings. The average Bonchev–Trinajstić information content (AvgIpc) is 2.87. The Morgan fingerprint density at radius 1 is 1.22 bits per heavy atom. The third-order valence-corrected chi connectivity index (χ3v) is 3.43. The van der Waals surface area contributed by atoms with Crippen molar-refractivity contribution in [2.75, 3.05) is 18.0 Å². The SMILES string of the molecule is Cc1nc(C2CCN(c3ccncc3)CC2)no1. The Labute approximate surface area is 106 Å². The van der Waals surface area contributed by atoms with Crippen molar-refractivity contribution in [3.05, 3.63) is 36.2 Å². The molecule has 5 nitrogen and oxygen atoms in total. The molecule has 0 aromatic carbocycles. The standard InChI is InChI=1S/C13H16N4O/c1-10-15-13(16-18-10)11-4-8-17(9-5-11)12-2-6-14-7-3-12/h2-3,6-7,11H,4-5,8-9H2,1H3. The lowest BCUT2D eigenvalue weighted by Crippen LogP contribution is -2.33. The molecule has 0 bridgehead atoms. The fraction of sp³-hybridized carbons (Fsp3) is 0.462. The summed E-state index contributed by atoms with van der Waals surface area (Å²) >= 11 is 0. The van der Waals surface area contributed by atoms with Gasteiger partial charge in [-0.25, -0.2) is 0 Å². The van der Waals surface area contributed by atoms with Crippen molar-refractivity contribution in [1.29, 1.82) is 0 Å². The first kappa shape index (κ1) is 11.2. The third-order valence-electron chi connectivity index (χ3n) is 3.43. The van der Waals surface area contributed by atoms with Crippen molar-refractivity contribution >= 4 is 5.69 Å². The van der Waals surface area contributed by atoms with Gasteiger partial charge in [0.05, 0.1) is 0 Å². The predicted octanol–water partition coefficient (Wildman–Crippen LogP) is 2.16. The maximum absolute atomic E-state index is 5.05. The Morgan fingerprint density at radius 3 is 2.56 bits per heavy atom. The minimum atomic E-state index is 0.431. The minimum Gasteiger partial charge on any atom is -0.371 e. The molecule has 0 N–H and O–H groups in total. The number of aryl methyl sites for hydroxylation is 1. The summed E-state index contributed by atoms with van der Waals surface area (Å²) in [6.45, 7) is 3.90. The molecule has 0 amide bonds. The number of aromatic nitrogens is 3. The lowest BCUT2D eigenvalue weighted by atomic mass is 9.96. The molecule has 0 radical (unpaired) electrons. The summed E-state index contributed by atoms with van der Waals surface area (Å²) in [6, 6.07) is 4.11. The van der Waals surface area contributed by atoms with Crippen LogP contribution in [0.25, 0.3) is 0 Å². The van der Waals surface area contributed by atoms with Gasteiger partial charge in [-0.2, -0.15) is 4.98 Å². The molecule has 0 aliphatic carbocycles. The van der Waals surface area contributed by atoms with Crippen molar-refractivity contribution in [3.8, 4) is 0 Å². The molecule has 18 heavy (non-hydrogen) atoms. The highest BCUT2D eigenvalue weighted by Crippen LogP contribution is 2.28. The van der Waals surface area contributed by atoms with Crippen LogP contribution in [0.15, 0.2) is 29.0 Å². The highest BCUT2D eigenvalue weighted by atomic mass is 16.5. The van der Waals surface area contributed by atoms with Crippen LogP contribution in [0.5, 0.6) is 0 Å². The third kappa shape index (κ3) is 2.20.